The summed E-state index contributed by atoms with van der Waals surface area (Å²) < 4.78 is 6.82. The summed E-state index contributed by atoms with van der Waals surface area (Å²) in [5.41, 5.74) is 1.04. The van der Waals surface area contributed by atoms with Crippen LogP contribution in [-0.2, 0) is 11.8 Å². The molecule has 0 fully saturated rings. The van der Waals surface area contributed by atoms with Crippen molar-refractivity contribution in [2.24, 2.45) is 13.0 Å². The molecule has 0 aliphatic rings. The Morgan fingerprint density at radius 2 is 1.92 bits per heavy atom. The number of esters is 1. The molecule has 0 saturated carbocycles. The van der Waals surface area contributed by atoms with Gasteiger partial charge in [0.25, 0.3) is 0 Å². The molecular weight excluding hydrogens is 320 g/mol. The van der Waals surface area contributed by atoms with Gasteiger partial charge in [0.05, 0.1) is 18.2 Å². The van der Waals surface area contributed by atoms with Crippen LogP contribution in [0.2, 0.25) is 0 Å². The van der Waals surface area contributed by atoms with E-state index in [2.05, 4.69) is 15.6 Å². The Hall–Kier alpha value is -2.83. The van der Waals surface area contributed by atoms with Gasteiger partial charge in [0.2, 0.25) is 0 Å². The number of benzene rings is 1. The predicted octanol–water partition coefficient (Wildman–Crippen LogP) is 3.12. The highest BCUT2D eigenvalue weighted by Gasteiger charge is 2.22. The fourth-order valence-corrected chi connectivity index (χ4v) is 2.42. The number of ether oxygens (including phenoxy) is 1. The maximum Gasteiger partial charge on any atom is 0.338 e. The maximum atomic E-state index is 12.3. The van der Waals surface area contributed by atoms with E-state index in [0.29, 0.717) is 17.9 Å². The molecule has 1 aromatic heterocycles. The van der Waals surface area contributed by atoms with E-state index in [1.165, 1.54) is 0 Å². The molecule has 7 heteroatoms. The van der Waals surface area contributed by atoms with Crippen molar-refractivity contribution in [3.63, 3.8) is 0 Å². The third-order valence-electron chi connectivity index (χ3n) is 3.74. The number of nitrogens with zero attached hydrogens (tertiary/aromatic N) is 2. The number of rotatable bonds is 6. The van der Waals surface area contributed by atoms with Crippen molar-refractivity contribution in [2.75, 3.05) is 11.9 Å². The Balaban J connectivity index is 2.01. The zero-order valence-corrected chi connectivity index (χ0v) is 14.9. The van der Waals surface area contributed by atoms with Gasteiger partial charge in [0.1, 0.15) is 5.82 Å². The van der Waals surface area contributed by atoms with Crippen molar-refractivity contribution in [1.82, 2.24) is 14.9 Å². The Morgan fingerprint density at radius 1 is 1.24 bits per heavy atom. The third kappa shape index (κ3) is 4.82. The molecule has 0 spiro atoms. The molecule has 2 aromatic rings. The van der Waals surface area contributed by atoms with Crippen LogP contribution in [-0.4, -0.2) is 28.2 Å². The first-order chi connectivity index (χ1) is 11.9. The number of carbonyl (C=O) groups is 2. The molecular formula is C18H24N4O3. The van der Waals surface area contributed by atoms with Crippen LogP contribution in [0.25, 0.3) is 0 Å². The SMILES string of the molecule is CCOC(=O)c1ccc(NC(=O)N[C@@H](c2nccn2C)C(C)C)cc1. The van der Waals surface area contributed by atoms with E-state index in [9.17, 15) is 9.59 Å². The lowest BCUT2D eigenvalue weighted by Crippen LogP contribution is -2.36. The minimum atomic E-state index is -0.381. The van der Waals surface area contributed by atoms with E-state index in [0.717, 1.165) is 5.82 Å². The Morgan fingerprint density at radius 3 is 2.44 bits per heavy atom. The summed E-state index contributed by atoms with van der Waals surface area (Å²) >= 11 is 0. The van der Waals surface area contributed by atoms with E-state index in [-0.39, 0.29) is 24.0 Å². The van der Waals surface area contributed by atoms with Crippen molar-refractivity contribution in [3.05, 3.63) is 48.0 Å². The van der Waals surface area contributed by atoms with Gasteiger partial charge in [-0.25, -0.2) is 14.6 Å². The van der Waals surface area contributed by atoms with Crippen LogP contribution in [0, 0.1) is 5.92 Å². The second-order valence-corrected chi connectivity index (χ2v) is 6.01. The lowest BCUT2D eigenvalue weighted by molar-refractivity contribution is 0.0526. The minimum absolute atomic E-state index is 0.179. The maximum absolute atomic E-state index is 12.3. The number of aromatic nitrogens is 2. The number of anilines is 1. The summed E-state index contributed by atoms with van der Waals surface area (Å²) in [6.07, 6.45) is 3.55. The van der Waals surface area contributed by atoms with Gasteiger partial charge in [-0.1, -0.05) is 13.8 Å². The van der Waals surface area contributed by atoms with Gasteiger partial charge in [0, 0.05) is 25.1 Å². The average Bonchev–Trinajstić information content (AvgIpc) is 2.99. The monoisotopic (exact) mass is 344 g/mol. The zero-order chi connectivity index (χ0) is 18.4. The number of hydrogen-bond acceptors (Lipinski definition) is 4. The lowest BCUT2D eigenvalue weighted by Gasteiger charge is -2.22. The second kappa shape index (κ2) is 8.32. The fraction of sp³-hybridized carbons (Fsp3) is 0.389. The van der Waals surface area contributed by atoms with Gasteiger partial charge in [-0.2, -0.15) is 0 Å². The molecule has 0 aliphatic carbocycles. The smallest absolute Gasteiger partial charge is 0.338 e. The molecule has 0 radical (unpaired) electrons. The van der Waals surface area contributed by atoms with Gasteiger partial charge in [0.15, 0.2) is 0 Å². The van der Waals surface area contributed by atoms with Crippen molar-refractivity contribution in [3.8, 4) is 0 Å². The van der Waals surface area contributed by atoms with Crippen molar-refractivity contribution < 1.29 is 14.3 Å². The van der Waals surface area contributed by atoms with E-state index < -0.39 is 0 Å². The molecule has 134 valence electrons. The van der Waals surface area contributed by atoms with Crippen LogP contribution < -0.4 is 10.6 Å². The van der Waals surface area contributed by atoms with E-state index in [4.69, 9.17) is 4.74 Å². The van der Waals surface area contributed by atoms with Gasteiger partial charge < -0.3 is 19.9 Å². The first kappa shape index (κ1) is 18.5. The van der Waals surface area contributed by atoms with E-state index >= 15 is 0 Å². The Bertz CT molecular complexity index is 722. The summed E-state index contributed by atoms with van der Waals surface area (Å²) in [4.78, 5) is 28.2. The van der Waals surface area contributed by atoms with Gasteiger partial charge >= 0.3 is 12.0 Å². The molecule has 1 atom stereocenters. The Kier molecular flexibility index (Phi) is 6.16. The first-order valence-corrected chi connectivity index (χ1v) is 8.24. The number of amides is 2. The molecule has 0 unspecified atom stereocenters. The predicted molar refractivity (Wildman–Crippen MR) is 95.3 cm³/mol. The highest BCUT2D eigenvalue weighted by atomic mass is 16.5. The quantitative estimate of drug-likeness (QED) is 0.789. The number of hydrogen-bond donors (Lipinski definition) is 2. The fourth-order valence-electron chi connectivity index (χ4n) is 2.42. The number of nitrogens with one attached hydrogen (secondary N) is 2. The first-order valence-electron chi connectivity index (χ1n) is 8.24. The zero-order valence-electron chi connectivity index (χ0n) is 14.9. The van der Waals surface area contributed by atoms with E-state index in [1.54, 1.807) is 37.4 Å². The molecule has 7 nitrogen and oxygen atoms in total. The van der Waals surface area contributed by atoms with Crippen LogP contribution in [0.3, 0.4) is 0 Å². The summed E-state index contributed by atoms with van der Waals surface area (Å²) in [5.74, 6) is 0.592. The van der Waals surface area contributed by atoms with Crippen LogP contribution in [0.4, 0.5) is 10.5 Å². The van der Waals surface area contributed by atoms with Gasteiger partial charge in [-0.05, 0) is 37.1 Å². The average molecular weight is 344 g/mol. The number of urea groups is 1. The summed E-state index contributed by atoms with van der Waals surface area (Å²) in [6.45, 7) is 6.12. The summed E-state index contributed by atoms with van der Waals surface area (Å²) in [7, 11) is 1.89. The summed E-state index contributed by atoms with van der Waals surface area (Å²) in [6, 6.07) is 6.02. The molecule has 0 bridgehead atoms. The normalized spacial score (nSPS) is 11.9. The Labute approximate surface area is 147 Å². The second-order valence-electron chi connectivity index (χ2n) is 6.01. The van der Waals surface area contributed by atoms with E-state index in [1.807, 2.05) is 31.7 Å². The van der Waals surface area contributed by atoms with Crippen LogP contribution in [0.1, 0.15) is 43.0 Å². The van der Waals surface area contributed by atoms with Crippen LogP contribution in [0.5, 0.6) is 0 Å². The van der Waals surface area contributed by atoms with Crippen LogP contribution in [0.15, 0.2) is 36.7 Å². The number of aryl methyl sites for hydroxylation is 1. The number of imidazole rings is 1. The minimum Gasteiger partial charge on any atom is -0.462 e. The summed E-state index contributed by atoms with van der Waals surface area (Å²) in [5, 5.41) is 5.71. The number of carbonyl (C=O) groups excluding carboxylic acids is 2. The molecule has 2 amide bonds. The molecule has 0 aliphatic heterocycles. The van der Waals surface area contributed by atoms with Crippen LogP contribution >= 0.6 is 0 Å². The van der Waals surface area contributed by atoms with Crippen molar-refractivity contribution in [2.45, 2.75) is 26.8 Å². The largest absolute Gasteiger partial charge is 0.462 e. The lowest BCUT2D eigenvalue weighted by atomic mass is 10.0. The standard InChI is InChI=1S/C18H24N4O3/c1-5-25-17(23)13-6-8-14(9-7-13)20-18(24)21-15(12(2)3)16-19-10-11-22(16)4/h6-12,15H,5H2,1-4H3,(H2,20,21,24)/t15-/m1/s1. The van der Waals surface area contributed by atoms with Crippen molar-refractivity contribution >= 4 is 17.7 Å². The molecule has 25 heavy (non-hydrogen) atoms. The molecule has 0 saturated heterocycles. The topological polar surface area (TPSA) is 85.2 Å². The molecule has 2 rings (SSSR count). The van der Waals surface area contributed by atoms with Gasteiger partial charge in [-0.3, -0.25) is 0 Å². The molecule has 1 heterocycles. The third-order valence-corrected chi connectivity index (χ3v) is 3.74. The molecule has 2 N–H and O–H groups in total. The molecule has 1 aromatic carbocycles. The van der Waals surface area contributed by atoms with Crippen molar-refractivity contribution in [1.29, 1.82) is 0 Å². The highest BCUT2D eigenvalue weighted by molar-refractivity contribution is 5.92. The van der Waals surface area contributed by atoms with Gasteiger partial charge in [-0.15, -0.1) is 0 Å². The highest BCUT2D eigenvalue weighted by Crippen LogP contribution is 2.20.